The number of nitrogens with zero attached hydrogens (tertiary/aromatic N) is 3. The third-order valence-corrected chi connectivity index (χ3v) is 3.94. The molecule has 0 aliphatic heterocycles. The summed E-state index contributed by atoms with van der Waals surface area (Å²) in [6.45, 7) is 4.28. The Bertz CT molecular complexity index is 911. The lowest BCUT2D eigenvalue weighted by Gasteiger charge is -2.13. The number of hydrogen-bond acceptors (Lipinski definition) is 7. The molecule has 0 aliphatic carbocycles. The van der Waals surface area contributed by atoms with Gasteiger partial charge in [-0.25, -0.2) is 9.97 Å². The number of aromatic nitrogens is 3. The van der Waals surface area contributed by atoms with Crippen LogP contribution >= 0.6 is 0 Å². The monoisotopic (exact) mass is 363 g/mol. The van der Waals surface area contributed by atoms with E-state index in [1.165, 1.54) is 18.1 Å². The van der Waals surface area contributed by atoms with Crippen LogP contribution < -0.4 is 21.9 Å². The van der Waals surface area contributed by atoms with Crippen LogP contribution in [0.2, 0.25) is 0 Å². The summed E-state index contributed by atoms with van der Waals surface area (Å²) in [7, 11) is 0. The van der Waals surface area contributed by atoms with Gasteiger partial charge in [-0.3, -0.25) is 20.6 Å². The Kier molecular flexibility index (Phi) is 5.46. The lowest BCUT2D eigenvalue weighted by atomic mass is 10.0. The predicted octanol–water partition coefficient (Wildman–Crippen LogP) is 3.08. The molecule has 0 unspecified atom stereocenters. The summed E-state index contributed by atoms with van der Waals surface area (Å²) in [6, 6.07) is 11.4. The molecule has 1 amide bonds. The van der Waals surface area contributed by atoms with E-state index in [-0.39, 0.29) is 11.6 Å². The Morgan fingerprint density at radius 3 is 2.48 bits per heavy atom. The zero-order valence-corrected chi connectivity index (χ0v) is 15.1. The van der Waals surface area contributed by atoms with Crippen LogP contribution in [0.1, 0.15) is 35.7 Å². The lowest BCUT2D eigenvalue weighted by molar-refractivity contribution is 0.0962. The molecule has 0 saturated heterocycles. The molecule has 0 aliphatic rings. The standard InChI is InChI=1S/C19H21N7O/c1-12(2)13-5-7-15(8-6-13)24-17-16(20)18(23-11-22-17)25-26-19(27)14-4-3-9-21-10-14/h3-12H,20H2,1-2H3,(H,26,27)(H2,22,23,24,25). The highest BCUT2D eigenvalue weighted by molar-refractivity contribution is 5.94. The second kappa shape index (κ2) is 8.13. The van der Waals surface area contributed by atoms with Crippen molar-refractivity contribution >= 4 is 28.9 Å². The number of nitrogens with one attached hydrogen (secondary N) is 3. The maximum Gasteiger partial charge on any atom is 0.271 e. The SMILES string of the molecule is CC(C)c1ccc(Nc2ncnc(NNC(=O)c3cccnc3)c2N)cc1. The second-order valence-electron chi connectivity index (χ2n) is 6.21. The third-order valence-electron chi connectivity index (χ3n) is 3.94. The van der Waals surface area contributed by atoms with Crippen LogP contribution in [-0.2, 0) is 0 Å². The molecule has 3 aromatic rings. The highest BCUT2D eigenvalue weighted by Gasteiger charge is 2.11. The van der Waals surface area contributed by atoms with Crippen LogP contribution in [0.4, 0.5) is 23.0 Å². The van der Waals surface area contributed by atoms with E-state index in [1.807, 2.05) is 12.1 Å². The number of hydrazine groups is 1. The van der Waals surface area contributed by atoms with Gasteiger partial charge >= 0.3 is 0 Å². The molecule has 3 rings (SSSR count). The minimum Gasteiger partial charge on any atom is -0.393 e. The number of benzene rings is 1. The molecule has 0 radical (unpaired) electrons. The van der Waals surface area contributed by atoms with E-state index in [1.54, 1.807) is 18.3 Å². The third kappa shape index (κ3) is 4.49. The highest BCUT2D eigenvalue weighted by Crippen LogP contribution is 2.26. The summed E-state index contributed by atoms with van der Waals surface area (Å²) in [6.07, 6.45) is 4.42. The molecule has 2 aromatic heterocycles. The number of hydrogen-bond donors (Lipinski definition) is 4. The van der Waals surface area contributed by atoms with Gasteiger partial charge in [0.1, 0.15) is 12.0 Å². The molecule has 2 heterocycles. The summed E-state index contributed by atoms with van der Waals surface area (Å²) in [5.74, 6) is 0.853. The summed E-state index contributed by atoms with van der Waals surface area (Å²) in [5.41, 5.74) is 14.2. The van der Waals surface area contributed by atoms with Gasteiger partial charge in [0.15, 0.2) is 11.6 Å². The Balaban J connectivity index is 1.69. The number of anilines is 4. The summed E-state index contributed by atoms with van der Waals surface area (Å²) in [4.78, 5) is 24.2. The van der Waals surface area contributed by atoms with Gasteiger partial charge in [0, 0.05) is 18.1 Å². The first-order valence-electron chi connectivity index (χ1n) is 8.48. The van der Waals surface area contributed by atoms with Crippen molar-refractivity contribution in [2.24, 2.45) is 0 Å². The fourth-order valence-electron chi connectivity index (χ4n) is 2.37. The minimum atomic E-state index is -0.347. The Hall–Kier alpha value is -3.68. The molecular weight excluding hydrogens is 342 g/mol. The number of pyridine rings is 1. The van der Waals surface area contributed by atoms with Gasteiger partial charge in [0.25, 0.3) is 5.91 Å². The van der Waals surface area contributed by atoms with Crippen LogP contribution in [0.15, 0.2) is 55.1 Å². The molecule has 0 bridgehead atoms. The quantitative estimate of drug-likeness (QED) is 0.497. The zero-order valence-electron chi connectivity index (χ0n) is 15.1. The van der Waals surface area contributed by atoms with Gasteiger partial charge in [0.2, 0.25) is 0 Å². The van der Waals surface area contributed by atoms with Crippen LogP contribution in [0, 0.1) is 0 Å². The molecule has 138 valence electrons. The first-order chi connectivity index (χ1) is 13.0. The van der Waals surface area contributed by atoms with E-state index in [9.17, 15) is 4.79 Å². The predicted molar refractivity (Wildman–Crippen MR) is 106 cm³/mol. The molecule has 8 nitrogen and oxygen atoms in total. The van der Waals surface area contributed by atoms with Crippen molar-refractivity contribution in [2.45, 2.75) is 19.8 Å². The number of nitrogens with two attached hydrogens (primary N) is 1. The average Bonchev–Trinajstić information content (AvgIpc) is 2.69. The fourth-order valence-corrected chi connectivity index (χ4v) is 2.37. The second-order valence-corrected chi connectivity index (χ2v) is 6.21. The number of nitrogen functional groups attached to an aromatic ring is 1. The van der Waals surface area contributed by atoms with Crippen molar-refractivity contribution in [3.8, 4) is 0 Å². The number of carbonyl (C=O) groups is 1. The van der Waals surface area contributed by atoms with E-state index in [0.29, 0.717) is 23.1 Å². The molecule has 0 saturated carbocycles. The molecule has 5 N–H and O–H groups in total. The van der Waals surface area contributed by atoms with Crippen LogP contribution in [0.3, 0.4) is 0 Å². The fraction of sp³-hybridized carbons (Fsp3) is 0.158. The zero-order chi connectivity index (χ0) is 19.2. The highest BCUT2D eigenvalue weighted by atomic mass is 16.2. The Morgan fingerprint density at radius 2 is 1.81 bits per heavy atom. The first kappa shape index (κ1) is 18.1. The maximum atomic E-state index is 12.1. The normalized spacial score (nSPS) is 10.5. The summed E-state index contributed by atoms with van der Waals surface area (Å²) in [5, 5.41) is 3.16. The molecule has 0 atom stereocenters. The van der Waals surface area contributed by atoms with Gasteiger partial charge in [-0.15, -0.1) is 0 Å². The van der Waals surface area contributed by atoms with Crippen molar-refractivity contribution in [1.29, 1.82) is 0 Å². The number of carbonyl (C=O) groups excluding carboxylic acids is 1. The van der Waals surface area contributed by atoms with Gasteiger partial charge in [-0.05, 0) is 35.7 Å². The maximum absolute atomic E-state index is 12.1. The largest absolute Gasteiger partial charge is 0.393 e. The van der Waals surface area contributed by atoms with E-state index in [2.05, 4.69) is 57.1 Å². The van der Waals surface area contributed by atoms with Crippen molar-refractivity contribution in [1.82, 2.24) is 20.4 Å². The topological polar surface area (TPSA) is 118 Å². The molecule has 27 heavy (non-hydrogen) atoms. The van der Waals surface area contributed by atoms with Crippen LogP contribution in [0.5, 0.6) is 0 Å². The van der Waals surface area contributed by atoms with Gasteiger partial charge in [-0.1, -0.05) is 26.0 Å². The van der Waals surface area contributed by atoms with E-state index >= 15 is 0 Å². The van der Waals surface area contributed by atoms with Gasteiger partial charge < -0.3 is 11.1 Å². The van der Waals surface area contributed by atoms with Gasteiger partial charge in [0.05, 0.1) is 5.56 Å². The van der Waals surface area contributed by atoms with Crippen LogP contribution in [-0.4, -0.2) is 20.9 Å². The van der Waals surface area contributed by atoms with Gasteiger partial charge in [-0.2, -0.15) is 0 Å². The molecular formula is C19H21N7O. The number of rotatable bonds is 6. The van der Waals surface area contributed by atoms with E-state index in [0.717, 1.165) is 5.69 Å². The summed E-state index contributed by atoms with van der Waals surface area (Å²) < 4.78 is 0. The molecule has 0 spiro atoms. The van der Waals surface area contributed by atoms with Crippen molar-refractivity contribution in [3.63, 3.8) is 0 Å². The summed E-state index contributed by atoms with van der Waals surface area (Å²) >= 11 is 0. The number of amides is 1. The molecule has 1 aromatic carbocycles. The van der Waals surface area contributed by atoms with Crippen molar-refractivity contribution in [2.75, 3.05) is 16.5 Å². The van der Waals surface area contributed by atoms with E-state index < -0.39 is 0 Å². The molecule has 8 heteroatoms. The molecule has 0 fully saturated rings. The van der Waals surface area contributed by atoms with Crippen molar-refractivity contribution < 1.29 is 4.79 Å². The first-order valence-corrected chi connectivity index (χ1v) is 8.48. The average molecular weight is 363 g/mol. The Labute approximate surface area is 157 Å². The minimum absolute atomic E-state index is 0.289. The smallest absolute Gasteiger partial charge is 0.271 e. The van der Waals surface area contributed by atoms with Crippen molar-refractivity contribution in [3.05, 3.63) is 66.2 Å². The van der Waals surface area contributed by atoms with E-state index in [4.69, 9.17) is 5.73 Å². The van der Waals surface area contributed by atoms with Crippen LogP contribution in [0.25, 0.3) is 0 Å². The lowest BCUT2D eigenvalue weighted by Crippen LogP contribution is -2.30. The Morgan fingerprint density at radius 1 is 1.07 bits per heavy atom.